The van der Waals surface area contributed by atoms with Gasteiger partial charge in [-0.1, -0.05) is 37.3 Å². The monoisotopic (exact) mass is 230 g/mol. The average molecular weight is 230 g/mol. The van der Waals surface area contributed by atoms with E-state index in [9.17, 15) is 0 Å². The van der Waals surface area contributed by atoms with Crippen LogP contribution in [0.25, 0.3) is 0 Å². The lowest BCUT2D eigenvalue weighted by Gasteiger charge is -2.16. The minimum Gasteiger partial charge on any atom is -0.312 e. The second kappa shape index (κ2) is 4.79. The van der Waals surface area contributed by atoms with Crippen molar-refractivity contribution in [3.05, 3.63) is 35.9 Å². The summed E-state index contributed by atoms with van der Waals surface area (Å²) in [6, 6.07) is 12.3. The Morgan fingerprint density at radius 1 is 1.29 bits per heavy atom. The fourth-order valence-corrected chi connectivity index (χ4v) is 2.94. The van der Waals surface area contributed by atoms with Gasteiger partial charge in [0.25, 0.3) is 0 Å². The number of nitrogens with one attached hydrogen (secondary N) is 2. The van der Waals surface area contributed by atoms with Crippen molar-refractivity contribution >= 4 is 0 Å². The Labute approximate surface area is 104 Å². The van der Waals surface area contributed by atoms with Crippen LogP contribution in [-0.2, 0) is 0 Å². The highest BCUT2D eigenvalue weighted by Gasteiger charge is 2.38. The Kier molecular flexibility index (Phi) is 3.17. The maximum Gasteiger partial charge on any atom is 0.0218 e. The molecule has 2 heteroatoms. The molecule has 1 aromatic rings. The van der Waals surface area contributed by atoms with Crippen molar-refractivity contribution < 1.29 is 0 Å². The lowest BCUT2D eigenvalue weighted by atomic mass is 10.0. The zero-order chi connectivity index (χ0) is 11.7. The molecule has 1 aliphatic carbocycles. The van der Waals surface area contributed by atoms with Crippen LogP contribution in [0.4, 0.5) is 0 Å². The molecule has 3 rings (SSSR count). The van der Waals surface area contributed by atoms with E-state index in [1.807, 2.05) is 0 Å². The van der Waals surface area contributed by atoms with E-state index < -0.39 is 0 Å². The van der Waals surface area contributed by atoms with Crippen molar-refractivity contribution in [2.75, 3.05) is 13.1 Å². The summed E-state index contributed by atoms with van der Waals surface area (Å²) in [5.74, 6) is 1.59. The molecule has 1 heterocycles. The summed E-state index contributed by atoms with van der Waals surface area (Å²) in [5, 5.41) is 7.30. The molecular weight excluding hydrogens is 208 g/mol. The molecule has 17 heavy (non-hydrogen) atoms. The van der Waals surface area contributed by atoms with Gasteiger partial charge in [0.15, 0.2) is 0 Å². The Balaban J connectivity index is 1.47. The van der Waals surface area contributed by atoms with Gasteiger partial charge in [-0.2, -0.15) is 0 Å². The maximum absolute atomic E-state index is 3.72. The number of rotatable bonds is 4. The molecular formula is C15H22N2. The summed E-state index contributed by atoms with van der Waals surface area (Å²) >= 11 is 0. The Bertz CT molecular complexity index is 362. The Morgan fingerprint density at radius 3 is 2.82 bits per heavy atom. The minimum atomic E-state index is 0.687. The molecule has 1 aromatic carbocycles. The Hall–Kier alpha value is -0.860. The highest BCUT2D eigenvalue weighted by molar-refractivity contribution is 5.27. The van der Waals surface area contributed by atoms with Gasteiger partial charge in [-0.15, -0.1) is 0 Å². The topological polar surface area (TPSA) is 24.1 Å². The second-order valence-corrected chi connectivity index (χ2v) is 5.59. The largest absolute Gasteiger partial charge is 0.312 e. The normalized spacial score (nSPS) is 36.1. The van der Waals surface area contributed by atoms with E-state index >= 15 is 0 Å². The van der Waals surface area contributed by atoms with E-state index in [0.717, 1.165) is 18.4 Å². The van der Waals surface area contributed by atoms with E-state index in [2.05, 4.69) is 47.9 Å². The highest BCUT2D eigenvalue weighted by Crippen LogP contribution is 2.40. The fourth-order valence-electron chi connectivity index (χ4n) is 2.94. The van der Waals surface area contributed by atoms with Crippen molar-refractivity contribution in [3.8, 4) is 0 Å². The molecule has 1 saturated carbocycles. The molecule has 4 atom stereocenters. The van der Waals surface area contributed by atoms with Crippen LogP contribution in [0.2, 0.25) is 0 Å². The molecule has 0 spiro atoms. The van der Waals surface area contributed by atoms with Crippen molar-refractivity contribution in [1.29, 1.82) is 0 Å². The smallest absolute Gasteiger partial charge is 0.0218 e. The number of hydrogen-bond acceptors (Lipinski definition) is 2. The van der Waals surface area contributed by atoms with Gasteiger partial charge in [0, 0.05) is 24.5 Å². The molecule has 1 aliphatic heterocycles. The fraction of sp³-hybridized carbons (Fsp3) is 0.600. The van der Waals surface area contributed by atoms with E-state index in [1.165, 1.54) is 24.9 Å². The first kappa shape index (κ1) is 11.2. The third-order valence-electron chi connectivity index (χ3n) is 4.31. The number of benzene rings is 1. The Morgan fingerprint density at radius 2 is 2.12 bits per heavy atom. The lowest BCUT2D eigenvalue weighted by molar-refractivity contribution is 0.446. The third-order valence-corrected chi connectivity index (χ3v) is 4.31. The molecule has 2 N–H and O–H groups in total. The van der Waals surface area contributed by atoms with E-state index in [1.54, 1.807) is 0 Å². The molecule has 2 fully saturated rings. The van der Waals surface area contributed by atoms with Crippen LogP contribution in [0, 0.1) is 5.92 Å². The van der Waals surface area contributed by atoms with Crippen LogP contribution < -0.4 is 10.6 Å². The minimum absolute atomic E-state index is 0.687. The third kappa shape index (κ3) is 2.53. The summed E-state index contributed by atoms with van der Waals surface area (Å²) in [5.41, 5.74) is 1.50. The van der Waals surface area contributed by atoms with E-state index in [4.69, 9.17) is 0 Å². The summed E-state index contributed by atoms with van der Waals surface area (Å²) in [6.07, 6.45) is 2.64. The summed E-state index contributed by atoms with van der Waals surface area (Å²) in [6.45, 7) is 4.68. The highest BCUT2D eigenvalue weighted by atomic mass is 15.0. The van der Waals surface area contributed by atoms with Crippen LogP contribution in [-0.4, -0.2) is 25.2 Å². The van der Waals surface area contributed by atoms with Gasteiger partial charge >= 0.3 is 0 Å². The SMILES string of the molecule is CC1CCNC1CNC1CC1c1ccccc1. The first-order valence-corrected chi connectivity index (χ1v) is 6.86. The standard InChI is InChI=1S/C15H22N2/c1-11-7-8-16-15(11)10-17-14-9-13(14)12-5-3-2-4-6-12/h2-6,11,13-17H,7-10H2,1H3. The first-order chi connectivity index (χ1) is 8.34. The second-order valence-electron chi connectivity index (χ2n) is 5.59. The van der Waals surface area contributed by atoms with Gasteiger partial charge in [-0.3, -0.25) is 0 Å². The number of hydrogen-bond donors (Lipinski definition) is 2. The molecule has 2 nitrogen and oxygen atoms in total. The van der Waals surface area contributed by atoms with Gasteiger partial charge in [0.1, 0.15) is 0 Å². The zero-order valence-corrected chi connectivity index (χ0v) is 10.5. The predicted molar refractivity (Wildman–Crippen MR) is 71.2 cm³/mol. The molecule has 0 radical (unpaired) electrons. The quantitative estimate of drug-likeness (QED) is 0.828. The summed E-state index contributed by atoms with van der Waals surface area (Å²) in [7, 11) is 0. The van der Waals surface area contributed by atoms with Gasteiger partial charge in [-0.05, 0) is 30.9 Å². The maximum atomic E-state index is 3.72. The first-order valence-electron chi connectivity index (χ1n) is 6.86. The molecule has 0 amide bonds. The van der Waals surface area contributed by atoms with E-state index in [-0.39, 0.29) is 0 Å². The average Bonchev–Trinajstić information content (AvgIpc) is 3.04. The van der Waals surface area contributed by atoms with Crippen LogP contribution in [0.15, 0.2) is 30.3 Å². The van der Waals surface area contributed by atoms with Gasteiger partial charge in [0.2, 0.25) is 0 Å². The predicted octanol–water partition coefficient (Wildman–Crippen LogP) is 2.13. The summed E-state index contributed by atoms with van der Waals surface area (Å²) in [4.78, 5) is 0. The molecule has 1 saturated heterocycles. The lowest BCUT2D eigenvalue weighted by Crippen LogP contribution is -2.38. The van der Waals surface area contributed by atoms with Crippen LogP contribution in [0.5, 0.6) is 0 Å². The van der Waals surface area contributed by atoms with E-state index in [0.29, 0.717) is 12.1 Å². The zero-order valence-electron chi connectivity index (χ0n) is 10.5. The van der Waals surface area contributed by atoms with Crippen molar-refractivity contribution in [3.63, 3.8) is 0 Å². The van der Waals surface area contributed by atoms with Gasteiger partial charge in [0.05, 0.1) is 0 Å². The van der Waals surface area contributed by atoms with Crippen molar-refractivity contribution in [2.24, 2.45) is 5.92 Å². The molecule has 0 bridgehead atoms. The molecule has 4 unspecified atom stereocenters. The molecule has 92 valence electrons. The summed E-state index contributed by atoms with van der Waals surface area (Å²) < 4.78 is 0. The molecule has 0 aromatic heterocycles. The van der Waals surface area contributed by atoms with Gasteiger partial charge < -0.3 is 10.6 Å². The van der Waals surface area contributed by atoms with Crippen molar-refractivity contribution in [1.82, 2.24) is 10.6 Å². The van der Waals surface area contributed by atoms with Gasteiger partial charge in [-0.25, -0.2) is 0 Å². The van der Waals surface area contributed by atoms with Crippen LogP contribution in [0.1, 0.15) is 31.2 Å². The van der Waals surface area contributed by atoms with Crippen molar-refractivity contribution in [2.45, 2.75) is 37.8 Å². The molecule has 2 aliphatic rings. The van der Waals surface area contributed by atoms with Crippen LogP contribution >= 0.6 is 0 Å². The van der Waals surface area contributed by atoms with Crippen LogP contribution in [0.3, 0.4) is 0 Å².